The quantitative estimate of drug-likeness (QED) is 0.392. The summed E-state index contributed by atoms with van der Waals surface area (Å²) in [5.74, 6) is -0.0863. The number of benzene rings is 1. The molecule has 0 bridgehead atoms. The van der Waals surface area contributed by atoms with E-state index in [0.29, 0.717) is 46.2 Å². The van der Waals surface area contributed by atoms with Gasteiger partial charge in [0, 0.05) is 42.0 Å². The number of aliphatic hydroxyl groups is 1. The van der Waals surface area contributed by atoms with Gasteiger partial charge in [0.25, 0.3) is 0 Å². The minimum absolute atomic E-state index is 0.197. The summed E-state index contributed by atoms with van der Waals surface area (Å²) < 4.78 is 19.7. The fourth-order valence-electron chi connectivity index (χ4n) is 3.56. The molecule has 1 unspecified atom stereocenters. The minimum atomic E-state index is -0.962. The molecule has 170 valence electrons. The Hall–Kier alpha value is -4.11. The first-order valence-corrected chi connectivity index (χ1v) is 10.3. The average Bonchev–Trinajstić information content (AvgIpc) is 3.18. The van der Waals surface area contributed by atoms with Gasteiger partial charge in [0.2, 0.25) is 5.91 Å². The van der Waals surface area contributed by atoms with E-state index in [-0.39, 0.29) is 18.3 Å². The van der Waals surface area contributed by atoms with Crippen molar-refractivity contribution in [1.29, 1.82) is 0 Å². The highest BCUT2D eigenvalue weighted by molar-refractivity contribution is 5.88. The van der Waals surface area contributed by atoms with Gasteiger partial charge in [0.15, 0.2) is 6.23 Å². The molecule has 4 rings (SSSR count). The number of nitrogens with zero attached hydrogens (tertiary/aromatic N) is 2. The summed E-state index contributed by atoms with van der Waals surface area (Å²) >= 11 is 0. The Bertz CT molecular complexity index is 1210. The monoisotopic (exact) mass is 449 g/mol. The first-order valence-electron chi connectivity index (χ1n) is 10.3. The molecule has 1 amide bonds. The number of fused-ring (bicyclic) bond motifs is 1. The molecule has 1 aliphatic heterocycles. The summed E-state index contributed by atoms with van der Waals surface area (Å²) in [6.45, 7) is 4.08. The van der Waals surface area contributed by atoms with Gasteiger partial charge in [0.05, 0.1) is 24.1 Å². The normalized spacial score (nSPS) is 14.2. The van der Waals surface area contributed by atoms with Crippen LogP contribution in [0.1, 0.15) is 17.5 Å². The molecule has 33 heavy (non-hydrogen) atoms. The number of anilines is 2. The van der Waals surface area contributed by atoms with Crippen molar-refractivity contribution in [3.05, 3.63) is 78.7 Å². The van der Waals surface area contributed by atoms with E-state index < -0.39 is 6.23 Å². The highest BCUT2D eigenvalue weighted by atomic mass is 19.1. The van der Waals surface area contributed by atoms with Crippen LogP contribution in [0.5, 0.6) is 5.75 Å². The number of nitrogens with one attached hydrogen (secondary N) is 3. The first-order chi connectivity index (χ1) is 16.0. The van der Waals surface area contributed by atoms with Crippen LogP contribution in [0, 0.1) is 5.82 Å². The van der Waals surface area contributed by atoms with E-state index in [4.69, 9.17) is 4.74 Å². The van der Waals surface area contributed by atoms with Crippen LogP contribution in [0.2, 0.25) is 0 Å². The van der Waals surface area contributed by atoms with Crippen molar-refractivity contribution >= 4 is 23.4 Å². The van der Waals surface area contributed by atoms with Crippen LogP contribution in [0.4, 0.5) is 15.8 Å². The van der Waals surface area contributed by atoms with Crippen LogP contribution in [0.25, 0.3) is 17.3 Å². The molecule has 0 aliphatic carbocycles. The lowest BCUT2D eigenvalue weighted by Crippen LogP contribution is -2.29. The van der Waals surface area contributed by atoms with Crippen molar-refractivity contribution in [1.82, 2.24) is 20.2 Å². The lowest BCUT2D eigenvalue weighted by molar-refractivity contribution is -0.125. The highest BCUT2D eigenvalue weighted by Crippen LogP contribution is 2.42. The molecule has 0 saturated heterocycles. The molecule has 1 aromatic carbocycles. The second kappa shape index (κ2) is 9.58. The van der Waals surface area contributed by atoms with Crippen molar-refractivity contribution in [2.75, 3.05) is 25.5 Å². The molecule has 0 saturated carbocycles. The van der Waals surface area contributed by atoms with Crippen molar-refractivity contribution in [3.8, 4) is 17.0 Å². The second-order valence-corrected chi connectivity index (χ2v) is 7.42. The predicted molar refractivity (Wildman–Crippen MR) is 124 cm³/mol. The number of carbonyl (C=O) groups is 1. The Morgan fingerprint density at radius 3 is 3.06 bits per heavy atom. The molecule has 4 N–H and O–H groups in total. The number of carbonyl (C=O) groups excluding carboxylic acids is 1. The van der Waals surface area contributed by atoms with Crippen molar-refractivity contribution in [2.24, 2.45) is 0 Å². The third-order valence-corrected chi connectivity index (χ3v) is 5.23. The molecule has 1 atom stereocenters. The Morgan fingerprint density at radius 1 is 1.42 bits per heavy atom. The van der Waals surface area contributed by atoms with E-state index in [9.17, 15) is 14.3 Å². The molecule has 0 radical (unpaired) electrons. The number of hydrogen-bond acceptors (Lipinski definition) is 6. The van der Waals surface area contributed by atoms with E-state index in [2.05, 4.69) is 27.2 Å². The lowest BCUT2D eigenvalue weighted by Gasteiger charge is -2.19. The van der Waals surface area contributed by atoms with Crippen LogP contribution in [0.3, 0.4) is 0 Å². The van der Waals surface area contributed by atoms with E-state index in [1.54, 1.807) is 49.9 Å². The molecular weight excluding hydrogens is 425 g/mol. The predicted octanol–water partition coefficient (Wildman–Crippen LogP) is 3.55. The van der Waals surface area contributed by atoms with Gasteiger partial charge in [-0.2, -0.15) is 0 Å². The van der Waals surface area contributed by atoms with Gasteiger partial charge >= 0.3 is 0 Å². The maximum absolute atomic E-state index is 13.8. The highest BCUT2D eigenvalue weighted by Gasteiger charge is 2.26. The Kier molecular flexibility index (Phi) is 6.41. The number of H-pyrrole nitrogens is 1. The number of halogens is 1. The van der Waals surface area contributed by atoms with Gasteiger partial charge in [-0.05, 0) is 36.4 Å². The molecule has 0 spiro atoms. The third-order valence-electron chi connectivity index (χ3n) is 5.23. The van der Waals surface area contributed by atoms with E-state index in [1.165, 1.54) is 23.1 Å². The molecule has 2 aromatic heterocycles. The summed E-state index contributed by atoms with van der Waals surface area (Å²) in [5, 5.41) is 16.7. The average molecular weight is 449 g/mol. The van der Waals surface area contributed by atoms with E-state index in [1.807, 2.05) is 0 Å². The summed E-state index contributed by atoms with van der Waals surface area (Å²) in [5.41, 5.74) is 3.74. The molecule has 3 heterocycles. The Labute approximate surface area is 190 Å². The van der Waals surface area contributed by atoms with Crippen molar-refractivity contribution in [3.63, 3.8) is 0 Å². The van der Waals surface area contributed by atoms with Crippen LogP contribution in [0.15, 0.2) is 61.6 Å². The number of aliphatic hydroxyl groups excluding tert-OH is 1. The minimum Gasteiger partial charge on any atom is -0.489 e. The van der Waals surface area contributed by atoms with Crippen LogP contribution >= 0.6 is 0 Å². The zero-order valence-electron chi connectivity index (χ0n) is 18.0. The molecule has 1 aliphatic rings. The maximum atomic E-state index is 13.8. The van der Waals surface area contributed by atoms with Gasteiger partial charge in [-0.3, -0.25) is 9.78 Å². The third kappa shape index (κ3) is 4.73. The number of aromatic nitrogens is 2. The number of likely N-dealkylation sites (N-methyl/N-ethyl adjacent to an activating group) is 1. The number of hydrogen-bond donors (Lipinski definition) is 4. The zero-order valence-corrected chi connectivity index (χ0v) is 18.0. The lowest BCUT2D eigenvalue weighted by atomic mass is 10.1. The summed E-state index contributed by atoms with van der Waals surface area (Å²) in [4.78, 5) is 20.7. The zero-order chi connectivity index (χ0) is 23.4. The summed E-state index contributed by atoms with van der Waals surface area (Å²) in [6.07, 6.45) is 6.95. The van der Waals surface area contributed by atoms with Crippen LogP contribution < -0.4 is 15.4 Å². The van der Waals surface area contributed by atoms with Crippen LogP contribution in [-0.2, 0) is 4.79 Å². The van der Waals surface area contributed by atoms with Crippen molar-refractivity contribution in [2.45, 2.75) is 6.23 Å². The molecule has 3 aromatic rings. The van der Waals surface area contributed by atoms with Gasteiger partial charge in [0.1, 0.15) is 18.2 Å². The number of amides is 1. The summed E-state index contributed by atoms with van der Waals surface area (Å²) in [7, 11) is 1.66. The second-order valence-electron chi connectivity index (χ2n) is 7.42. The molecule has 0 fully saturated rings. The van der Waals surface area contributed by atoms with Gasteiger partial charge in [-0.15, -0.1) is 0 Å². The topological polar surface area (TPSA) is 103 Å². The fraction of sp³-hybridized carbons (Fsp3) is 0.167. The number of aromatic amines is 1. The number of ether oxygens (including phenoxy) is 1. The molecule has 9 heteroatoms. The largest absolute Gasteiger partial charge is 0.489 e. The van der Waals surface area contributed by atoms with Gasteiger partial charge < -0.3 is 30.4 Å². The van der Waals surface area contributed by atoms with E-state index >= 15 is 0 Å². The Morgan fingerprint density at radius 2 is 2.27 bits per heavy atom. The first kappa shape index (κ1) is 22.1. The van der Waals surface area contributed by atoms with E-state index in [0.717, 1.165) is 0 Å². The SMILES string of the molecule is C=CC(=O)N(C)CCOc1cnccc1-c1[nH]c2c(c1Nc1cccc(F)c1)C(O)NC=C2. The maximum Gasteiger partial charge on any atom is 0.245 e. The molecular formula is C24H24FN5O3. The smallest absolute Gasteiger partial charge is 0.245 e. The number of rotatable bonds is 8. The van der Waals surface area contributed by atoms with Gasteiger partial charge in [-0.25, -0.2) is 4.39 Å². The fourth-order valence-corrected chi connectivity index (χ4v) is 3.56. The van der Waals surface area contributed by atoms with Gasteiger partial charge in [-0.1, -0.05) is 12.6 Å². The molecule has 8 nitrogen and oxygen atoms in total. The Balaban J connectivity index is 1.70. The standard InChI is InChI=1S/C24H24FN5O3/c1-3-20(31)30(2)11-12-33-19-14-26-9-7-17(19)22-23(28-16-6-4-5-15(25)13-16)21-18(29-22)8-10-27-24(21)32/h3-10,13-14,24,27-29,32H,1,11-12H2,2H3. The van der Waals surface area contributed by atoms with Crippen molar-refractivity contribution < 1.29 is 19.0 Å². The van der Waals surface area contributed by atoms with Crippen LogP contribution in [-0.4, -0.2) is 46.1 Å². The number of pyridine rings is 1. The summed E-state index contributed by atoms with van der Waals surface area (Å²) in [6, 6.07) is 7.86.